The summed E-state index contributed by atoms with van der Waals surface area (Å²) in [5.74, 6) is -0.0397. The molecule has 0 spiro atoms. The molecule has 1 heterocycles. The van der Waals surface area contributed by atoms with Gasteiger partial charge in [-0.1, -0.05) is 29.8 Å². The number of benzene rings is 2. The van der Waals surface area contributed by atoms with E-state index in [0.29, 0.717) is 17.0 Å². The summed E-state index contributed by atoms with van der Waals surface area (Å²) in [6.45, 7) is 1.47. The molecule has 0 unspecified atom stereocenters. The van der Waals surface area contributed by atoms with E-state index in [9.17, 15) is 13.2 Å². The average molecular weight is 461 g/mol. The molecular weight excluding hydrogens is 440 g/mol. The Morgan fingerprint density at radius 3 is 2.55 bits per heavy atom. The standard InChI is InChI=1S/C21H21ClN4O4S/c1-14(26(31(3,28)29)17-8-10-18(30-2)11-9-17)21(27)25-23-13-16-12-15-6-4-5-7-19(15)24-20(16)22/h4-14H,1-3H3,(H,25,27)/b23-13-/t14-/m0/s1. The number of sulfonamides is 1. The summed E-state index contributed by atoms with van der Waals surface area (Å²) in [7, 11) is -2.23. The molecule has 1 amide bonds. The fourth-order valence-corrected chi connectivity index (χ4v) is 4.37. The molecule has 3 aromatic rings. The van der Waals surface area contributed by atoms with Crippen molar-refractivity contribution < 1.29 is 17.9 Å². The zero-order chi connectivity index (χ0) is 22.6. The molecule has 0 saturated carbocycles. The molecular formula is C21H21ClN4O4S. The topological polar surface area (TPSA) is 101 Å². The lowest BCUT2D eigenvalue weighted by atomic mass is 10.2. The Bertz CT molecular complexity index is 1230. The maximum Gasteiger partial charge on any atom is 0.263 e. The number of para-hydroxylation sites is 1. The molecule has 0 aliphatic carbocycles. The van der Waals surface area contributed by atoms with Gasteiger partial charge in [-0.15, -0.1) is 0 Å². The second-order valence-electron chi connectivity index (χ2n) is 6.73. The van der Waals surface area contributed by atoms with Crippen molar-refractivity contribution in [2.75, 3.05) is 17.7 Å². The van der Waals surface area contributed by atoms with Gasteiger partial charge >= 0.3 is 0 Å². The minimum atomic E-state index is -3.74. The molecule has 1 aromatic heterocycles. The summed E-state index contributed by atoms with van der Waals surface area (Å²) < 4.78 is 30.8. The third-order valence-corrected chi connectivity index (χ3v) is 6.04. The van der Waals surface area contributed by atoms with Gasteiger partial charge in [0, 0.05) is 10.9 Å². The van der Waals surface area contributed by atoms with Crippen molar-refractivity contribution in [1.82, 2.24) is 10.4 Å². The number of fused-ring (bicyclic) bond motifs is 1. The number of halogens is 1. The molecule has 0 radical (unpaired) electrons. The molecule has 10 heteroatoms. The summed E-state index contributed by atoms with van der Waals surface area (Å²) in [6.07, 6.45) is 2.40. The van der Waals surface area contributed by atoms with Crippen LogP contribution in [0.15, 0.2) is 59.7 Å². The highest BCUT2D eigenvalue weighted by atomic mass is 35.5. The number of anilines is 1. The quantitative estimate of drug-likeness (QED) is 0.331. The van der Waals surface area contributed by atoms with E-state index >= 15 is 0 Å². The molecule has 1 N–H and O–H groups in total. The number of rotatable bonds is 7. The van der Waals surface area contributed by atoms with Gasteiger partial charge < -0.3 is 4.74 Å². The van der Waals surface area contributed by atoms with E-state index < -0.39 is 22.0 Å². The minimum Gasteiger partial charge on any atom is -0.497 e. The van der Waals surface area contributed by atoms with Crippen molar-refractivity contribution in [3.05, 3.63) is 65.3 Å². The maximum atomic E-state index is 12.6. The molecule has 0 fully saturated rings. The molecule has 8 nitrogen and oxygen atoms in total. The number of carbonyl (C=O) groups is 1. The molecule has 0 aliphatic rings. The highest BCUT2D eigenvalue weighted by Gasteiger charge is 2.29. The van der Waals surface area contributed by atoms with Crippen LogP contribution < -0.4 is 14.5 Å². The molecule has 0 saturated heterocycles. The first-order valence-corrected chi connectivity index (χ1v) is 11.4. The van der Waals surface area contributed by atoms with Crippen LogP contribution in [-0.4, -0.2) is 44.9 Å². The highest BCUT2D eigenvalue weighted by molar-refractivity contribution is 7.92. The largest absolute Gasteiger partial charge is 0.497 e. The van der Waals surface area contributed by atoms with E-state index in [1.165, 1.54) is 20.2 Å². The van der Waals surface area contributed by atoms with Gasteiger partial charge in [0.1, 0.15) is 16.9 Å². The van der Waals surface area contributed by atoms with Crippen LogP contribution in [0.25, 0.3) is 10.9 Å². The highest BCUT2D eigenvalue weighted by Crippen LogP contribution is 2.24. The van der Waals surface area contributed by atoms with Gasteiger partial charge in [-0.3, -0.25) is 9.10 Å². The Morgan fingerprint density at radius 2 is 1.90 bits per heavy atom. The van der Waals surface area contributed by atoms with E-state index in [1.54, 1.807) is 30.3 Å². The molecule has 2 aromatic carbocycles. The molecule has 1 atom stereocenters. The van der Waals surface area contributed by atoms with E-state index in [4.69, 9.17) is 16.3 Å². The third-order valence-electron chi connectivity index (χ3n) is 4.50. The first-order valence-electron chi connectivity index (χ1n) is 9.22. The van der Waals surface area contributed by atoms with Crippen molar-refractivity contribution in [2.45, 2.75) is 13.0 Å². The Kier molecular flexibility index (Phi) is 6.77. The van der Waals surface area contributed by atoms with E-state index in [0.717, 1.165) is 21.5 Å². The summed E-state index contributed by atoms with van der Waals surface area (Å²) in [5, 5.41) is 5.03. The Hall–Kier alpha value is -3.17. The number of pyridine rings is 1. The number of hydrogen-bond donors (Lipinski definition) is 1. The van der Waals surface area contributed by atoms with Crippen molar-refractivity contribution in [2.24, 2.45) is 5.10 Å². The van der Waals surface area contributed by atoms with Crippen molar-refractivity contribution in [1.29, 1.82) is 0 Å². The summed E-state index contributed by atoms with van der Waals surface area (Å²) in [5.41, 5.74) is 3.95. The minimum absolute atomic E-state index is 0.237. The maximum absolute atomic E-state index is 12.6. The number of hydrogen-bond acceptors (Lipinski definition) is 6. The number of carbonyl (C=O) groups excluding carboxylic acids is 1. The predicted octanol–water partition coefficient (Wildman–Crippen LogP) is 3.20. The Labute approximate surface area is 185 Å². The normalized spacial score (nSPS) is 12.6. The smallest absolute Gasteiger partial charge is 0.263 e. The number of methoxy groups -OCH3 is 1. The SMILES string of the molecule is COc1ccc(N([C@@H](C)C(=O)N/N=C\c2cc3ccccc3nc2Cl)S(C)(=O)=O)cc1. The Balaban J connectivity index is 1.78. The van der Waals surface area contributed by atoms with E-state index in [2.05, 4.69) is 15.5 Å². The van der Waals surface area contributed by atoms with Crippen molar-refractivity contribution in [3.8, 4) is 5.75 Å². The van der Waals surface area contributed by atoms with Gasteiger partial charge in [0.05, 0.1) is 30.8 Å². The summed E-state index contributed by atoms with van der Waals surface area (Å²) >= 11 is 6.18. The molecule has 0 bridgehead atoms. The van der Waals surface area contributed by atoms with Gasteiger partial charge in [0.25, 0.3) is 5.91 Å². The second kappa shape index (κ2) is 9.32. The molecule has 3 rings (SSSR count). The van der Waals surface area contributed by atoms with Crippen LogP contribution >= 0.6 is 11.6 Å². The molecule has 0 aliphatic heterocycles. The second-order valence-corrected chi connectivity index (χ2v) is 8.95. The lowest BCUT2D eigenvalue weighted by Gasteiger charge is -2.27. The lowest BCUT2D eigenvalue weighted by molar-refractivity contribution is -0.121. The zero-order valence-electron chi connectivity index (χ0n) is 17.1. The van der Waals surface area contributed by atoms with Crippen molar-refractivity contribution in [3.63, 3.8) is 0 Å². The van der Waals surface area contributed by atoms with Gasteiger partial charge in [-0.05, 0) is 43.3 Å². The number of amides is 1. The molecule has 31 heavy (non-hydrogen) atoms. The van der Waals surface area contributed by atoms with Crippen LogP contribution in [0.3, 0.4) is 0 Å². The first-order chi connectivity index (χ1) is 14.7. The monoisotopic (exact) mass is 460 g/mol. The summed E-state index contributed by atoms with van der Waals surface area (Å²) in [6, 6.07) is 14.6. The number of aromatic nitrogens is 1. The van der Waals surface area contributed by atoms with E-state index in [1.807, 2.05) is 24.3 Å². The number of nitrogens with zero attached hydrogens (tertiary/aromatic N) is 3. The lowest BCUT2D eigenvalue weighted by Crippen LogP contribution is -2.46. The molecule has 162 valence electrons. The first kappa shape index (κ1) is 22.5. The van der Waals surface area contributed by atoms with Gasteiger partial charge in [0.15, 0.2) is 0 Å². The van der Waals surface area contributed by atoms with Crippen LogP contribution in [0.4, 0.5) is 5.69 Å². The summed E-state index contributed by atoms with van der Waals surface area (Å²) in [4.78, 5) is 16.9. The number of hydrazone groups is 1. The van der Waals surface area contributed by atoms with Gasteiger partial charge in [0.2, 0.25) is 10.0 Å². The van der Waals surface area contributed by atoms with Crippen LogP contribution in [0, 0.1) is 0 Å². The zero-order valence-corrected chi connectivity index (χ0v) is 18.7. The van der Waals surface area contributed by atoms with Gasteiger partial charge in [-0.25, -0.2) is 18.8 Å². The van der Waals surface area contributed by atoms with Crippen LogP contribution in [0.1, 0.15) is 12.5 Å². The van der Waals surface area contributed by atoms with Crippen LogP contribution in [0.5, 0.6) is 5.75 Å². The van der Waals surface area contributed by atoms with Gasteiger partial charge in [-0.2, -0.15) is 5.10 Å². The number of nitrogens with one attached hydrogen (secondary N) is 1. The third kappa shape index (κ3) is 5.31. The fourth-order valence-electron chi connectivity index (χ4n) is 3.00. The predicted molar refractivity (Wildman–Crippen MR) is 122 cm³/mol. The Morgan fingerprint density at radius 1 is 1.23 bits per heavy atom. The fraction of sp³-hybridized carbons (Fsp3) is 0.190. The van der Waals surface area contributed by atoms with E-state index in [-0.39, 0.29) is 5.15 Å². The average Bonchev–Trinajstić information content (AvgIpc) is 2.73. The van der Waals surface area contributed by atoms with Crippen LogP contribution in [-0.2, 0) is 14.8 Å². The van der Waals surface area contributed by atoms with Crippen molar-refractivity contribution >= 4 is 50.3 Å². The van der Waals surface area contributed by atoms with Crippen LogP contribution in [0.2, 0.25) is 5.15 Å². The number of ether oxygens (including phenoxy) is 1.